The summed E-state index contributed by atoms with van der Waals surface area (Å²) in [7, 11) is 4.49. The number of piperazine rings is 1. The van der Waals surface area contributed by atoms with E-state index >= 15 is 0 Å². The number of nitrogen functional groups attached to an aromatic ring is 1. The monoisotopic (exact) mass is 1910 g/mol. The Morgan fingerprint density at radius 1 is 0.725 bits per heavy atom. The van der Waals surface area contributed by atoms with Crippen molar-refractivity contribution in [1.29, 1.82) is 0 Å². The normalized spacial score (nSPS) is 26.9. The second-order valence-corrected chi connectivity index (χ2v) is 37.4. The molecular formula is C101H136N16O21. The van der Waals surface area contributed by atoms with Crippen molar-refractivity contribution in [2.75, 3.05) is 136 Å². The molecule has 1 unspecified atom stereocenters. The number of esters is 2. The Balaban J connectivity index is 0.503. The number of ketones is 3. The molecule has 37 nitrogen and oxygen atoms in total. The van der Waals surface area contributed by atoms with Crippen molar-refractivity contribution in [2.24, 2.45) is 35.5 Å². The van der Waals surface area contributed by atoms with E-state index in [9.17, 15) is 53.7 Å². The Morgan fingerprint density at radius 2 is 1.47 bits per heavy atom. The first kappa shape index (κ1) is 104. The zero-order chi connectivity index (χ0) is 98.1. The summed E-state index contributed by atoms with van der Waals surface area (Å²) < 4.78 is 60.9. The molecule has 13 rings (SSSR count). The number of amides is 3. The fourth-order valence-corrected chi connectivity index (χ4v) is 19.3. The zero-order valence-electron chi connectivity index (χ0n) is 81.0. The van der Waals surface area contributed by atoms with Crippen molar-refractivity contribution >= 4 is 86.8 Å². The Hall–Kier alpha value is -11.1. The van der Waals surface area contributed by atoms with Crippen LogP contribution in [0.15, 0.2) is 121 Å². The number of aryl methyl sites for hydroxylation is 1. The molecule has 1 aliphatic carbocycles. The minimum atomic E-state index is -2.50. The lowest BCUT2D eigenvalue weighted by Crippen LogP contribution is -2.61. The predicted molar refractivity (Wildman–Crippen MR) is 512 cm³/mol. The van der Waals surface area contributed by atoms with E-state index in [0.29, 0.717) is 182 Å². The number of hydrogen-bond donors (Lipinski definition) is 6. The molecule has 138 heavy (non-hydrogen) atoms. The maximum absolute atomic E-state index is 14.9. The molecule has 1 saturated carbocycles. The lowest BCUT2D eigenvalue weighted by atomic mass is 9.78. The molecule has 746 valence electrons. The number of nitrogens with two attached hydrogens (primary N) is 1. The van der Waals surface area contributed by atoms with E-state index in [1.165, 1.54) is 36.3 Å². The molecule has 3 saturated heterocycles. The highest BCUT2D eigenvalue weighted by atomic mass is 16.6. The van der Waals surface area contributed by atoms with E-state index < -0.39 is 108 Å². The van der Waals surface area contributed by atoms with Crippen LogP contribution in [0.3, 0.4) is 0 Å². The highest BCUT2D eigenvalue weighted by molar-refractivity contribution is 6.39. The van der Waals surface area contributed by atoms with E-state index in [1.54, 1.807) is 66.6 Å². The average Bonchev–Trinajstić information content (AvgIpc) is 1.60. The van der Waals surface area contributed by atoms with Crippen LogP contribution in [0.25, 0.3) is 33.3 Å². The third kappa shape index (κ3) is 27.1. The van der Waals surface area contributed by atoms with Gasteiger partial charge in [-0.2, -0.15) is 5.10 Å². The van der Waals surface area contributed by atoms with Crippen molar-refractivity contribution < 1.29 is 101 Å². The highest BCUT2D eigenvalue weighted by Gasteiger charge is 2.54. The summed E-state index contributed by atoms with van der Waals surface area (Å²) in [5.41, 5.74) is 14.8. The number of nitrogens with one attached hydrogen (secondary N) is 2. The predicted octanol–water partition coefficient (Wildman–Crippen LogP) is 8.72. The first-order valence-corrected chi connectivity index (χ1v) is 48.4. The standard InChI is InChI=1S/C101H136N16O21/c1-62-16-12-11-13-17-63(2)82(129-8)50-78-24-19-68(7)101(128,138-78)92(124)97(126)116-32-15-14-18-79(116)98(127)137-83(51-80(119)64(3)45-67(6)90(123)91(131-10)89(122)66(5)44-62)65(4)46-69-21-25-81(84(48-69)130-9)136-86(121)26-22-71-52-106-100(107-53-71)115-35-34-114(59-77(115)60-118)99-108-55-76(56-109-99)96(125)104-31-37-133-39-41-135-43-42-134-40-38-132-36-29-85(120)113-33-28-72-47-70(20-23-74(72)58-113)57-117-95-87(93(102)110-61-111-95)88(112-117)75-49-73-27-30-103-94(73)105-54-75/h11-13,16-17,20,23,27,30,45,47,49,52-56,61-62,64-66,68-69,77-79,81-84,90-91,118,123,128H,14-15,18-19,21-22,24-26,28-29,31-44,46,48,50-51,57-60H2,1-10H3,(H,103,105)(H,104,125)(H2,102,110,111)/b13-11+,16-12+,63-17+,67-45+/t62-,64-,65-,66-,68-,69+,77?,78+,79+,81-,82+,83+,84-,90-,91+,101-/m1/s1. The first-order chi connectivity index (χ1) is 66.6. The maximum atomic E-state index is 14.9. The fraction of sp³-hybridized carbons (Fsp3) is 0.584. The van der Waals surface area contributed by atoms with Crippen LogP contribution in [-0.4, -0.2) is 302 Å². The summed E-state index contributed by atoms with van der Waals surface area (Å²) >= 11 is 0. The van der Waals surface area contributed by atoms with E-state index in [4.69, 9.17) is 58.2 Å². The molecule has 0 spiro atoms. The number of pyridine rings is 1. The number of nitrogens with zero attached hydrogens (tertiary/aromatic N) is 13. The number of hydrogen-bond acceptors (Lipinski definition) is 32. The van der Waals surface area contributed by atoms with E-state index in [1.807, 2.05) is 88.9 Å². The van der Waals surface area contributed by atoms with Crippen LogP contribution in [0, 0.1) is 35.5 Å². The molecule has 1 aromatic carbocycles. The summed E-state index contributed by atoms with van der Waals surface area (Å²) in [4.78, 5) is 154. The lowest BCUT2D eigenvalue weighted by molar-refractivity contribution is -0.265. The molecule has 3 amide bonds. The number of H-pyrrole nitrogens is 1. The minimum Gasteiger partial charge on any atom is -0.460 e. The quantitative estimate of drug-likeness (QED) is 0.00992. The van der Waals surface area contributed by atoms with Gasteiger partial charge in [0, 0.05) is 152 Å². The van der Waals surface area contributed by atoms with Gasteiger partial charge in [0.2, 0.25) is 23.6 Å². The van der Waals surface area contributed by atoms with Crippen molar-refractivity contribution in [3.05, 3.63) is 149 Å². The van der Waals surface area contributed by atoms with Crippen LogP contribution in [-0.2, 0) is 107 Å². The molecular weight excluding hydrogens is 1770 g/mol. The highest BCUT2D eigenvalue weighted by Crippen LogP contribution is 2.40. The van der Waals surface area contributed by atoms with Crippen LogP contribution in [0.4, 0.5) is 17.7 Å². The number of aromatic nitrogens is 10. The summed E-state index contributed by atoms with van der Waals surface area (Å²) in [5, 5.41) is 43.9. The summed E-state index contributed by atoms with van der Waals surface area (Å²) in [6.07, 6.45) is 22.3. The summed E-state index contributed by atoms with van der Waals surface area (Å²) in [6, 6.07) is 8.65. The molecule has 5 aliphatic heterocycles. The number of carbonyl (C=O) groups excluding carboxylic acids is 8. The smallest absolute Gasteiger partial charge is 0.329 e. The van der Waals surface area contributed by atoms with Crippen LogP contribution in [0.2, 0.25) is 0 Å². The number of cyclic esters (lactones) is 1. The molecule has 0 radical (unpaired) electrons. The molecule has 4 fully saturated rings. The minimum absolute atomic E-state index is 0.0260. The number of carbonyl (C=O) groups is 8. The summed E-state index contributed by atoms with van der Waals surface area (Å²) in [5.74, 6) is -8.46. The molecule has 16 atom stereocenters. The number of benzene rings is 1. The number of aliphatic hydroxyl groups excluding tert-OH is 2. The van der Waals surface area contributed by atoms with Gasteiger partial charge in [-0.25, -0.2) is 44.4 Å². The van der Waals surface area contributed by atoms with Gasteiger partial charge < -0.3 is 98.3 Å². The Morgan fingerprint density at radius 3 is 2.21 bits per heavy atom. The Kier molecular flexibility index (Phi) is 37.9. The number of Topliss-reactive ketones (excluding diaryl/α,β-unsaturated/α-hetero) is 3. The topological polar surface area (TPSA) is 464 Å². The van der Waals surface area contributed by atoms with E-state index in [0.717, 1.165) is 39.7 Å². The van der Waals surface area contributed by atoms with Gasteiger partial charge in [0.15, 0.2) is 11.4 Å². The van der Waals surface area contributed by atoms with Gasteiger partial charge in [0.05, 0.1) is 108 Å². The van der Waals surface area contributed by atoms with Crippen LogP contribution >= 0.6 is 0 Å². The van der Waals surface area contributed by atoms with Crippen molar-refractivity contribution in [2.45, 2.75) is 225 Å². The van der Waals surface area contributed by atoms with Crippen molar-refractivity contribution in [3.8, 4) is 11.3 Å². The first-order valence-electron chi connectivity index (χ1n) is 48.4. The number of anilines is 3. The van der Waals surface area contributed by atoms with Gasteiger partial charge in [-0.3, -0.25) is 33.6 Å². The molecule has 7 aromatic rings. The molecule has 2 bridgehead atoms. The third-order valence-electron chi connectivity index (χ3n) is 27.5. The molecule has 11 heterocycles. The Labute approximate surface area is 805 Å². The van der Waals surface area contributed by atoms with Crippen molar-refractivity contribution in [3.63, 3.8) is 0 Å². The Bertz CT molecular complexity index is 5420. The van der Waals surface area contributed by atoms with Gasteiger partial charge in [0.25, 0.3) is 17.6 Å². The molecule has 7 N–H and O–H groups in total. The van der Waals surface area contributed by atoms with Crippen LogP contribution in [0.5, 0.6) is 0 Å². The van der Waals surface area contributed by atoms with Gasteiger partial charge in [-0.15, -0.1) is 0 Å². The van der Waals surface area contributed by atoms with Crippen LogP contribution in [0.1, 0.15) is 171 Å². The zero-order valence-corrected chi connectivity index (χ0v) is 81.0. The average molecular weight is 1910 g/mol. The van der Waals surface area contributed by atoms with Gasteiger partial charge in [-0.05, 0) is 154 Å². The second kappa shape index (κ2) is 50.1. The molecule has 6 aromatic heterocycles. The van der Waals surface area contributed by atoms with E-state index in [2.05, 4.69) is 63.4 Å². The van der Waals surface area contributed by atoms with Crippen LogP contribution < -0.4 is 20.9 Å². The largest absolute Gasteiger partial charge is 0.460 e. The second-order valence-electron chi connectivity index (χ2n) is 37.4. The SMILES string of the molecule is CO[C@H]1C[C@@H]2CC[C@@H](C)[C@@](O)(O2)C(=O)C(=O)N2CCCC[C@H]2C(=O)O[C@H]([C@H](C)C[C@@H]2CC[C@@H](OC(=O)CCc3cnc(N4CCN(c5ncc(C(=O)NCCOCCOCCOCCOCCC(=O)N6CCc7cc(Cn8nc(-c9cnc%10[nH]ccc%10c9)c9c(N)ncnc98)ccc7C6)cn5)CC4CO)nc3)[C@H](OC)C2)CC(=O)[C@H](C)/C=C(\C)[C@@H](O)[C@@H](OC)C(=O)[C@H](C)C[C@H](C)/C=C/C=C/C=C/1C. The molecule has 6 aliphatic rings. The number of aliphatic hydroxyl groups is 3. The van der Waals surface area contributed by atoms with Crippen molar-refractivity contribution in [1.82, 2.24) is 64.8 Å². The van der Waals surface area contributed by atoms with Gasteiger partial charge in [-0.1, -0.05) is 89.3 Å². The lowest BCUT2D eigenvalue weighted by Gasteiger charge is -2.42. The molecule has 37 heteroatoms. The number of methoxy groups -OCH3 is 3. The number of ether oxygens (including phenoxy) is 10. The number of fused-ring (bicyclic) bond motifs is 6. The summed E-state index contributed by atoms with van der Waals surface area (Å²) in [6.45, 7) is 18.0. The van der Waals surface area contributed by atoms with Gasteiger partial charge >= 0.3 is 11.9 Å². The number of aromatic amines is 1. The maximum Gasteiger partial charge on any atom is 0.329 e. The van der Waals surface area contributed by atoms with E-state index in [-0.39, 0.29) is 112 Å². The number of piperidine rings is 1. The number of allylic oxidation sites excluding steroid dienone is 6. The third-order valence-corrected chi connectivity index (χ3v) is 27.5. The van der Waals surface area contributed by atoms with Gasteiger partial charge in [0.1, 0.15) is 59.7 Å². The fourth-order valence-electron chi connectivity index (χ4n) is 19.3. The number of rotatable bonds is 32.